The standard InChI is InChI=1S/C29H39N3O6/c1-29(2)37-25-24(21-33-19-22-13-7-5-8-14-22)36-28(34-18-12-4-3-11-17-31-32-30)27(26(25)38-29)35-20-23-15-9-6-10-16-23/h5-10,13-16,24-28H,3-4,11-12,17-21H2,1-2H3/t24-,25+,26+,27-,28-/m1/s1. The molecule has 2 aliphatic heterocycles. The molecule has 9 heteroatoms. The maximum absolute atomic E-state index is 8.41. The van der Waals surface area contributed by atoms with Gasteiger partial charge in [-0.15, -0.1) is 0 Å². The highest BCUT2D eigenvalue weighted by Crippen LogP contribution is 2.39. The van der Waals surface area contributed by atoms with Gasteiger partial charge in [0.25, 0.3) is 0 Å². The van der Waals surface area contributed by atoms with Crippen molar-refractivity contribution >= 4 is 0 Å². The van der Waals surface area contributed by atoms with Crippen LogP contribution in [0.5, 0.6) is 0 Å². The third kappa shape index (κ3) is 8.51. The molecule has 0 spiro atoms. The first-order chi connectivity index (χ1) is 18.6. The summed E-state index contributed by atoms with van der Waals surface area (Å²) in [6, 6.07) is 20.1. The minimum Gasteiger partial charge on any atom is -0.374 e. The second-order valence-electron chi connectivity index (χ2n) is 10.1. The predicted molar refractivity (Wildman–Crippen MR) is 142 cm³/mol. The summed E-state index contributed by atoms with van der Waals surface area (Å²) in [5, 5.41) is 3.59. The summed E-state index contributed by atoms with van der Waals surface area (Å²) in [5.74, 6) is -0.772. The number of hydrogen-bond donors (Lipinski definition) is 0. The van der Waals surface area contributed by atoms with Gasteiger partial charge in [-0.05, 0) is 43.3 Å². The van der Waals surface area contributed by atoms with E-state index < -0.39 is 18.2 Å². The zero-order chi connectivity index (χ0) is 26.6. The first kappa shape index (κ1) is 28.5. The van der Waals surface area contributed by atoms with Gasteiger partial charge in [-0.25, -0.2) is 0 Å². The van der Waals surface area contributed by atoms with Crippen LogP contribution in [0.4, 0.5) is 0 Å². The Bertz CT molecular complexity index is 1000. The van der Waals surface area contributed by atoms with E-state index in [0.717, 1.165) is 36.8 Å². The highest BCUT2D eigenvalue weighted by Gasteiger charge is 2.56. The van der Waals surface area contributed by atoms with E-state index in [1.165, 1.54) is 0 Å². The van der Waals surface area contributed by atoms with Crippen LogP contribution >= 0.6 is 0 Å². The Kier molecular flexibility index (Phi) is 11.0. The maximum Gasteiger partial charge on any atom is 0.186 e. The van der Waals surface area contributed by atoms with Crippen LogP contribution in [0.1, 0.15) is 50.7 Å². The van der Waals surface area contributed by atoms with Crippen molar-refractivity contribution in [3.8, 4) is 0 Å². The fraction of sp³-hybridized carbons (Fsp3) is 0.586. The molecule has 0 unspecified atom stereocenters. The molecule has 206 valence electrons. The van der Waals surface area contributed by atoms with E-state index in [1.807, 2.05) is 74.5 Å². The molecule has 4 rings (SSSR count). The molecule has 0 saturated carbocycles. The van der Waals surface area contributed by atoms with Crippen molar-refractivity contribution in [2.45, 2.75) is 89.2 Å². The molecule has 5 atom stereocenters. The first-order valence-electron chi connectivity index (χ1n) is 13.5. The van der Waals surface area contributed by atoms with Gasteiger partial charge < -0.3 is 28.4 Å². The van der Waals surface area contributed by atoms with E-state index in [1.54, 1.807) is 0 Å². The van der Waals surface area contributed by atoms with Crippen molar-refractivity contribution in [1.82, 2.24) is 0 Å². The van der Waals surface area contributed by atoms with E-state index in [0.29, 0.717) is 33.0 Å². The molecule has 2 aliphatic rings. The Hall–Kier alpha value is -2.49. The monoisotopic (exact) mass is 525 g/mol. The minimum absolute atomic E-state index is 0.345. The number of benzene rings is 2. The maximum atomic E-state index is 8.41. The van der Waals surface area contributed by atoms with Crippen LogP contribution in [-0.4, -0.2) is 56.3 Å². The van der Waals surface area contributed by atoms with Crippen molar-refractivity contribution in [3.05, 3.63) is 82.2 Å². The Morgan fingerprint density at radius 1 is 0.842 bits per heavy atom. The van der Waals surface area contributed by atoms with Crippen LogP contribution in [0.15, 0.2) is 65.8 Å². The molecule has 0 bridgehead atoms. The summed E-state index contributed by atoms with van der Waals surface area (Å²) in [6.07, 6.45) is 1.55. The van der Waals surface area contributed by atoms with E-state index >= 15 is 0 Å². The third-order valence-corrected chi connectivity index (χ3v) is 6.61. The number of hydrogen-bond acceptors (Lipinski definition) is 7. The zero-order valence-electron chi connectivity index (χ0n) is 22.3. The largest absolute Gasteiger partial charge is 0.374 e. The van der Waals surface area contributed by atoms with Crippen LogP contribution in [0, 0.1) is 0 Å². The second-order valence-corrected chi connectivity index (χ2v) is 10.1. The van der Waals surface area contributed by atoms with Crippen molar-refractivity contribution in [2.24, 2.45) is 5.11 Å². The molecule has 0 radical (unpaired) electrons. The summed E-state index contributed by atoms with van der Waals surface area (Å²) in [5.41, 5.74) is 10.6. The van der Waals surface area contributed by atoms with Gasteiger partial charge in [0, 0.05) is 18.1 Å². The molecule has 2 heterocycles. The Balaban J connectivity index is 1.39. The van der Waals surface area contributed by atoms with E-state index in [2.05, 4.69) is 10.0 Å². The number of azide groups is 1. The fourth-order valence-corrected chi connectivity index (χ4v) is 4.80. The lowest BCUT2D eigenvalue weighted by Crippen LogP contribution is -2.59. The average Bonchev–Trinajstić information content (AvgIpc) is 3.26. The normalized spacial score (nSPS) is 26.0. The van der Waals surface area contributed by atoms with Gasteiger partial charge in [-0.1, -0.05) is 78.6 Å². The van der Waals surface area contributed by atoms with Crippen LogP contribution in [0.3, 0.4) is 0 Å². The Morgan fingerprint density at radius 3 is 2.21 bits per heavy atom. The average molecular weight is 526 g/mol. The number of unbranched alkanes of at least 4 members (excludes halogenated alkanes) is 3. The quantitative estimate of drug-likeness (QED) is 0.124. The number of ether oxygens (including phenoxy) is 6. The van der Waals surface area contributed by atoms with E-state index in [-0.39, 0.29) is 18.3 Å². The van der Waals surface area contributed by atoms with Gasteiger partial charge in [0.05, 0.1) is 19.8 Å². The molecule has 0 N–H and O–H groups in total. The zero-order valence-corrected chi connectivity index (χ0v) is 22.3. The Labute approximate surface area is 224 Å². The molecule has 2 saturated heterocycles. The second kappa shape index (κ2) is 14.6. The molecule has 0 aliphatic carbocycles. The highest BCUT2D eigenvalue weighted by molar-refractivity contribution is 5.14. The van der Waals surface area contributed by atoms with Crippen LogP contribution in [0.25, 0.3) is 10.4 Å². The lowest BCUT2D eigenvalue weighted by Gasteiger charge is -2.41. The fourth-order valence-electron chi connectivity index (χ4n) is 4.80. The summed E-state index contributed by atoms with van der Waals surface area (Å²) >= 11 is 0. The highest BCUT2D eigenvalue weighted by atomic mass is 16.8. The minimum atomic E-state index is -0.772. The summed E-state index contributed by atoms with van der Waals surface area (Å²) < 4.78 is 37.8. The summed E-state index contributed by atoms with van der Waals surface area (Å²) in [4.78, 5) is 2.80. The molecule has 2 fully saturated rings. The first-order valence-corrected chi connectivity index (χ1v) is 13.5. The summed E-state index contributed by atoms with van der Waals surface area (Å²) in [6.45, 7) is 6.12. The molecule has 0 amide bonds. The SMILES string of the molecule is CC1(C)O[C@H]2[C@@H](O1)[C@@H](COCc1ccccc1)O[C@@H](OCCCCCCN=[N+]=[N-])[C@@H]2OCc1ccccc1. The number of nitrogens with zero attached hydrogens (tertiary/aromatic N) is 3. The van der Waals surface area contributed by atoms with E-state index in [4.69, 9.17) is 34.0 Å². The molecule has 2 aromatic carbocycles. The third-order valence-electron chi connectivity index (χ3n) is 6.61. The lowest BCUT2D eigenvalue weighted by atomic mass is 9.99. The molecule has 2 aromatic rings. The van der Waals surface area contributed by atoms with Gasteiger partial charge >= 0.3 is 0 Å². The van der Waals surface area contributed by atoms with Gasteiger partial charge in [0.15, 0.2) is 12.1 Å². The van der Waals surface area contributed by atoms with Gasteiger partial charge in [-0.3, -0.25) is 0 Å². The van der Waals surface area contributed by atoms with Crippen LogP contribution in [0.2, 0.25) is 0 Å². The van der Waals surface area contributed by atoms with Crippen LogP contribution in [-0.2, 0) is 41.6 Å². The van der Waals surface area contributed by atoms with Crippen molar-refractivity contribution in [3.63, 3.8) is 0 Å². The topological polar surface area (TPSA) is 104 Å². The lowest BCUT2D eigenvalue weighted by molar-refractivity contribution is -0.296. The molecular formula is C29H39N3O6. The van der Waals surface area contributed by atoms with Gasteiger partial charge in [0.1, 0.15) is 24.4 Å². The van der Waals surface area contributed by atoms with E-state index in [9.17, 15) is 0 Å². The molecule has 38 heavy (non-hydrogen) atoms. The van der Waals surface area contributed by atoms with Crippen molar-refractivity contribution in [2.75, 3.05) is 19.8 Å². The Morgan fingerprint density at radius 2 is 1.50 bits per heavy atom. The van der Waals surface area contributed by atoms with Gasteiger partial charge in [0.2, 0.25) is 0 Å². The molecule has 0 aromatic heterocycles. The smallest absolute Gasteiger partial charge is 0.186 e. The van der Waals surface area contributed by atoms with Crippen molar-refractivity contribution < 1.29 is 28.4 Å². The van der Waals surface area contributed by atoms with Gasteiger partial charge in [-0.2, -0.15) is 0 Å². The van der Waals surface area contributed by atoms with Crippen LogP contribution < -0.4 is 0 Å². The van der Waals surface area contributed by atoms with Crippen molar-refractivity contribution in [1.29, 1.82) is 0 Å². The summed E-state index contributed by atoms with van der Waals surface area (Å²) in [7, 11) is 0. The number of fused-ring (bicyclic) bond motifs is 1. The predicted octanol–water partition coefficient (Wildman–Crippen LogP) is 5.92. The number of rotatable bonds is 15. The molecule has 9 nitrogen and oxygen atoms in total. The molecular weight excluding hydrogens is 486 g/mol.